The Balaban J connectivity index is 0.00000288. The molecule has 0 radical (unpaired) electrons. The van der Waals surface area contributed by atoms with Crippen LogP contribution in [0.5, 0.6) is 5.75 Å². The van der Waals surface area contributed by atoms with E-state index < -0.39 is 11.8 Å². The molecule has 2 amide bonds. The molecule has 0 saturated carbocycles. The highest BCUT2D eigenvalue weighted by Gasteiger charge is 2.17. The van der Waals surface area contributed by atoms with E-state index in [9.17, 15) is 9.59 Å². The number of rotatable bonds is 7. The van der Waals surface area contributed by atoms with Gasteiger partial charge < -0.3 is 25.8 Å². The predicted octanol–water partition coefficient (Wildman–Crippen LogP) is 1.33. The summed E-state index contributed by atoms with van der Waals surface area (Å²) in [7, 11) is 0. The highest BCUT2D eigenvalue weighted by molar-refractivity contribution is 6.31. The van der Waals surface area contributed by atoms with Crippen LogP contribution in [-0.2, 0) is 14.3 Å². The standard InChI is InChI=1S/C15H20ClN3O4.ClH/c16-10-3-4-13(23-9-11-2-1-5-22-11)12(6-10)19-15(21)8-18-14(20)7-17;/h3-4,6,11H,1-2,5,7-9,17H2,(H,18,20)(H,19,21);1H. The highest BCUT2D eigenvalue weighted by Crippen LogP contribution is 2.28. The van der Waals surface area contributed by atoms with Crippen LogP contribution in [-0.4, -0.2) is 44.2 Å². The Hall–Kier alpha value is -1.54. The highest BCUT2D eigenvalue weighted by atomic mass is 35.5. The van der Waals surface area contributed by atoms with Crippen molar-refractivity contribution in [3.8, 4) is 5.75 Å². The van der Waals surface area contributed by atoms with Crippen LogP contribution in [0.4, 0.5) is 5.69 Å². The number of halogens is 2. The molecule has 4 N–H and O–H groups in total. The smallest absolute Gasteiger partial charge is 0.243 e. The van der Waals surface area contributed by atoms with Gasteiger partial charge in [0.25, 0.3) is 0 Å². The maximum atomic E-state index is 11.9. The third-order valence-corrected chi connectivity index (χ3v) is 3.53. The second kappa shape index (κ2) is 10.4. The fraction of sp³-hybridized carbons (Fsp3) is 0.467. The average Bonchev–Trinajstić information content (AvgIpc) is 3.05. The summed E-state index contributed by atoms with van der Waals surface area (Å²) in [5.41, 5.74) is 5.61. The number of benzene rings is 1. The van der Waals surface area contributed by atoms with E-state index in [4.69, 9.17) is 26.8 Å². The molecule has 7 nitrogen and oxygen atoms in total. The number of hydrogen-bond donors (Lipinski definition) is 3. The third kappa shape index (κ3) is 6.52. The molecule has 1 atom stereocenters. The average molecular weight is 378 g/mol. The molecule has 0 aliphatic carbocycles. The lowest BCUT2D eigenvalue weighted by Gasteiger charge is -2.15. The monoisotopic (exact) mass is 377 g/mol. The molecule has 24 heavy (non-hydrogen) atoms. The summed E-state index contributed by atoms with van der Waals surface area (Å²) in [4.78, 5) is 22.9. The van der Waals surface area contributed by atoms with Gasteiger partial charge in [-0.25, -0.2) is 0 Å². The van der Waals surface area contributed by atoms with Crippen LogP contribution in [0.2, 0.25) is 5.02 Å². The van der Waals surface area contributed by atoms with Crippen molar-refractivity contribution in [2.45, 2.75) is 18.9 Å². The van der Waals surface area contributed by atoms with E-state index in [2.05, 4.69) is 10.6 Å². The number of nitrogens with one attached hydrogen (secondary N) is 2. The number of anilines is 1. The Morgan fingerprint density at radius 1 is 1.38 bits per heavy atom. The first-order valence-electron chi connectivity index (χ1n) is 7.39. The molecular formula is C15H21Cl2N3O4. The summed E-state index contributed by atoms with van der Waals surface area (Å²) < 4.78 is 11.2. The Morgan fingerprint density at radius 2 is 2.17 bits per heavy atom. The van der Waals surface area contributed by atoms with Crippen LogP contribution >= 0.6 is 24.0 Å². The van der Waals surface area contributed by atoms with Gasteiger partial charge in [0.05, 0.1) is 24.9 Å². The number of amides is 2. The molecular weight excluding hydrogens is 357 g/mol. The van der Waals surface area contributed by atoms with Gasteiger partial charge in [0.15, 0.2) is 0 Å². The Labute approximate surface area is 151 Å². The topological polar surface area (TPSA) is 103 Å². The van der Waals surface area contributed by atoms with Crippen molar-refractivity contribution in [3.63, 3.8) is 0 Å². The van der Waals surface area contributed by atoms with Gasteiger partial charge in [0.1, 0.15) is 12.4 Å². The van der Waals surface area contributed by atoms with Crippen molar-refractivity contribution in [2.24, 2.45) is 5.73 Å². The Kier molecular flexibility index (Phi) is 8.84. The van der Waals surface area contributed by atoms with Crippen molar-refractivity contribution in [3.05, 3.63) is 23.2 Å². The van der Waals surface area contributed by atoms with Crippen LogP contribution < -0.4 is 21.1 Å². The molecule has 134 valence electrons. The first kappa shape index (κ1) is 20.5. The molecule has 0 spiro atoms. The summed E-state index contributed by atoms with van der Waals surface area (Å²) in [6.45, 7) is 0.821. The third-order valence-electron chi connectivity index (χ3n) is 3.30. The van der Waals surface area contributed by atoms with Crippen LogP contribution in [0.15, 0.2) is 18.2 Å². The van der Waals surface area contributed by atoms with E-state index in [0.29, 0.717) is 23.1 Å². The SMILES string of the molecule is Cl.NCC(=O)NCC(=O)Nc1cc(Cl)ccc1OCC1CCCO1. The quantitative estimate of drug-likeness (QED) is 0.665. The minimum atomic E-state index is -0.402. The lowest BCUT2D eigenvalue weighted by molar-refractivity contribution is -0.123. The van der Waals surface area contributed by atoms with E-state index in [-0.39, 0.29) is 31.6 Å². The summed E-state index contributed by atoms with van der Waals surface area (Å²) in [6, 6.07) is 4.96. The number of nitrogens with two attached hydrogens (primary N) is 1. The molecule has 1 unspecified atom stereocenters. The van der Waals surface area contributed by atoms with E-state index in [0.717, 1.165) is 19.4 Å². The van der Waals surface area contributed by atoms with Crippen LogP contribution in [0.25, 0.3) is 0 Å². The largest absolute Gasteiger partial charge is 0.489 e. The molecule has 1 aliphatic heterocycles. The van der Waals surface area contributed by atoms with E-state index in [1.54, 1.807) is 18.2 Å². The van der Waals surface area contributed by atoms with Gasteiger partial charge in [-0.2, -0.15) is 0 Å². The molecule has 1 saturated heterocycles. The van der Waals surface area contributed by atoms with Gasteiger partial charge in [0.2, 0.25) is 11.8 Å². The second-order valence-corrected chi connectivity index (χ2v) is 5.55. The fourth-order valence-corrected chi connectivity index (χ4v) is 2.30. The van der Waals surface area contributed by atoms with Crippen LogP contribution in [0.3, 0.4) is 0 Å². The minimum absolute atomic E-state index is 0. The number of hydrogen-bond acceptors (Lipinski definition) is 5. The maximum Gasteiger partial charge on any atom is 0.243 e. The first-order valence-corrected chi connectivity index (χ1v) is 7.77. The maximum absolute atomic E-state index is 11.9. The minimum Gasteiger partial charge on any atom is -0.489 e. The molecule has 1 aromatic carbocycles. The molecule has 9 heteroatoms. The molecule has 0 bridgehead atoms. The number of ether oxygens (including phenoxy) is 2. The molecule has 1 fully saturated rings. The van der Waals surface area contributed by atoms with E-state index in [1.807, 2.05) is 0 Å². The number of carbonyl (C=O) groups excluding carboxylic acids is 2. The molecule has 1 heterocycles. The summed E-state index contributed by atoms with van der Waals surface area (Å²) in [6.07, 6.45) is 2.05. The van der Waals surface area contributed by atoms with Gasteiger partial charge in [-0.3, -0.25) is 9.59 Å². The van der Waals surface area contributed by atoms with Crippen molar-refractivity contribution >= 4 is 41.5 Å². The van der Waals surface area contributed by atoms with E-state index >= 15 is 0 Å². The van der Waals surface area contributed by atoms with Gasteiger partial charge in [-0.15, -0.1) is 12.4 Å². The van der Waals surface area contributed by atoms with E-state index in [1.165, 1.54) is 0 Å². The lowest BCUT2D eigenvalue weighted by Crippen LogP contribution is -2.36. The van der Waals surface area contributed by atoms with Crippen LogP contribution in [0.1, 0.15) is 12.8 Å². The normalized spacial score (nSPS) is 16.2. The van der Waals surface area contributed by atoms with Crippen molar-refractivity contribution in [1.82, 2.24) is 5.32 Å². The van der Waals surface area contributed by atoms with Crippen molar-refractivity contribution in [1.29, 1.82) is 0 Å². The van der Waals surface area contributed by atoms with Gasteiger partial charge >= 0.3 is 0 Å². The zero-order valence-electron chi connectivity index (χ0n) is 13.0. The van der Waals surface area contributed by atoms with Crippen molar-refractivity contribution in [2.75, 3.05) is 31.6 Å². The summed E-state index contributed by atoms with van der Waals surface area (Å²) in [5, 5.41) is 5.52. The first-order chi connectivity index (χ1) is 11.1. The lowest BCUT2D eigenvalue weighted by atomic mass is 10.2. The van der Waals surface area contributed by atoms with Crippen molar-refractivity contribution < 1.29 is 19.1 Å². The molecule has 1 aliphatic rings. The Bertz CT molecular complexity index is 566. The number of carbonyl (C=O) groups is 2. The zero-order valence-corrected chi connectivity index (χ0v) is 14.6. The van der Waals surface area contributed by atoms with Crippen LogP contribution in [0, 0.1) is 0 Å². The van der Waals surface area contributed by atoms with Gasteiger partial charge in [-0.1, -0.05) is 11.6 Å². The van der Waals surface area contributed by atoms with Gasteiger partial charge in [0, 0.05) is 11.6 Å². The summed E-state index contributed by atoms with van der Waals surface area (Å²) in [5.74, 6) is -0.291. The second-order valence-electron chi connectivity index (χ2n) is 5.12. The van der Waals surface area contributed by atoms with Gasteiger partial charge in [-0.05, 0) is 31.0 Å². The molecule has 0 aromatic heterocycles. The summed E-state index contributed by atoms with van der Waals surface area (Å²) >= 11 is 5.96. The fourth-order valence-electron chi connectivity index (χ4n) is 2.13. The Morgan fingerprint density at radius 3 is 2.83 bits per heavy atom. The molecule has 2 rings (SSSR count). The predicted molar refractivity (Wildman–Crippen MR) is 93.9 cm³/mol. The molecule has 1 aromatic rings. The zero-order chi connectivity index (χ0) is 16.7.